The smallest absolute Gasteiger partial charge is 0.335 e. The number of piperazine rings is 2. The molecule has 23 nitrogen and oxygen atoms in total. The predicted molar refractivity (Wildman–Crippen MR) is 449 cm³/mol. The number of anilines is 2. The molecule has 8 heterocycles. The number of fused-ring (bicyclic) bond motifs is 2. The number of pyridine rings is 2. The maximum atomic E-state index is 15.3. The van der Waals surface area contributed by atoms with Crippen LogP contribution in [-0.4, -0.2) is 226 Å². The Bertz CT molecular complexity index is 5000. The molecule has 0 saturated carbocycles. The fraction of sp³-hybridized carbons (Fsp3) is 0.422. The average molecular weight is 1570 g/mol. The van der Waals surface area contributed by atoms with Crippen LogP contribution >= 0.6 is 0 Å². The van der Waals surface area contributed by atoms with E-state index in [1.807, 2.05) is 65.2 Å². The molecule has 0 unspecified atom stereocenters. The molecule has 4 aromatic heterocycles. The lowest BCUT2D eigenvalue weighted by atomic mass is 9.99. The lowest BCUT2D eigenvalue weighted by Crippen LogP contribution is -2.43. The number of carboxylic acid groups (broad SMARTS) is 1. The summed E-state index contributed by atoms with van der Waals surface area (Å²) in [5.74, 6) is -2.42. The number of nitrogens with zero attached hydrogens (tertiary/aromatic N) is 13. The van der Waals surface area contributed by atoms with E-state index in [-0.39, 0.29) is 54.1 Å². The normalized spacial score (nSPS) is 15.4. The van der Waals surface area contributed by atoms with E-state index in [0.717, 1.165) is 202 Å². The first-order valence-electron chi connectivity index (χ1n) is 40.5. The zero-order valence-electron chi connectivity index (χ0n) is 68.4. The molecule has 3 amide bonds. The van der Waals surface area contributed by atoms with E-state index < -0.39 is 5.97 Å². The Morgan fingerprint density at radius 2 is 0.878 bits per heavy atom. The minimum Gasteiger partial charge on any atom is -0.478 e. The van der Waals surface area contributed by atoms with Gasteiger partial charge in [-0.2, -0.15) is 10.2 Å². The van der Waals surface area contributed by atoms with Crippen LogP contribution in [0.5, 0.6) is 0 Å². The lowest BCUT2D eigenvalue weighted by Gasteiger charge is -2.32. The highest BCUT2D eigenvalue weighted by Crippen LogP contribution is 2.35. The molecule has 6 aromatic carbocycles. The van der Waals surface area contributed by atoms with E-state index in [1.54, 1.807) is 85.5 Å². The fourth-order valence-corrected chi connectivity index (χ4v) is 15.6. The van der Waals surface area contributed by atoms with Crippen LogP contribution in [0.15, 0.2) is 146 Å². The molecular weight excluding hydrogens is 1460 g/mol. The molecule has 4 N–H and O–H groups in total. The summed E-state index contributed by atoms with van der Waals surface area (Å²) in [5, 5.41) is 31.2. The summed E-state index contributed by atoms with van der Waals surface area (Å²) in [4.78, 5) is 76.1. The van der Waals surface area contributed by atoms with E-state index in [0.29, 0.717) is 66.6 Å². The minimum absolute atomic E-state index is 0.0600. The molecule has 4 aliphatic heterocycles. The number of carbonyl (C=O) groups is 4. The number of likely N-dealkylation sites (N-methyl/N-ethyl adjacent to an activating group) is 2. The third-order valence-corrected chi connectivity index (χ3v) is 22.2. The maximum absolute atomic E-state index is 15.3. The van der Waals surface area contributed by atoms with Crippen molar-refractivity contribution < 1.29 is 42.5 Å². The fourth-order valence-electron chi connectivity index (χ4n) is 15.6. The van der Waals surface area contributed by atoms with Crippen LogP contribution < -0.4 is 16.0 Å². The number of carbonyl (C=O) groups excluding carboxylic acids is 3. The van der Waals surface area contributed by atoms with Crippen molar-refractivity contribution in [2.75, 3.05) is 132 Å². The predicted octanol–water partition coefficient (Wildman–Crippen LogP) is 13.2. The second-order valence-corrected chi connectivity index (χ2v) is 30.7. The van der Waals surface area contributed by atoms with Crippen LogP contribution in [0.3, 0.4) is 0 Å². The van der Waals surface area contributed by atoms with Crippen LogP contribution in [0.25, 0.3) is 44.3 Å². The Labute approximate surface area is 674 Å². The number of hydrogen-bond donors (Lipinski definition) is 4. The number of nitrogens with one attached hydrogen (secondary N) is 3. The van der Waals surface area contributed by atoms with Gasteiger partial charge in [0, 0.05) is 215 Å². The molecule has 0 spiro atoms. The second-order valence-electron chi connectivity index (χ2n) is 30.7. The Kier molecular flexibility index (Phi) is 29.1. The average Bonchev–Trinajstić information content (AvgIpc) is 1.70. The van der Waals surface area contributed by atoms with Gasteiger partial charge in [0.1, 0.15) is 11.6 Å². The van der Waals surface area contributed by atoms with Gasteiger partial charge in [-0.15, -0.1) is 0 Å². The lowest BCUT2D eigenvalue weighted by molar-refractivity contribution is 0.0695. The number of carboxylic acids is 1. The molecule has 0 bridgehead atoms. The highest BCUT2D eigenvalue weighted by Gasteiger charge is 2.28. The number of aryl methyl sites for hydroxylation is 4. The van der Waals surface area contributed by atoms with Crippen LogP contribution in [0, 0.1) is 11.6 Å². The monoisotopic (exact) mass is 1570 g/mol. The van der Waals surface area contributed by atoms with E-state index in [1.165, 1.54) is 40.4 Å². The van der Waals surface area contributed by atoms with Crippen molar-refractivity contribution >= 4 is 57.1 Å². The van der Waals surface area contributed by atoms with E-state index in [4.69, 9.17) is 19.4 Å². The van der Waals surface area contributed by atoms with Gasteiger partial charge < -0.3 is 55.0 Å². The quantitative estimate of drug-likeness (QED) is 0.0395. The maximum Gasteiger partial charge on any atom is 0.335 e. The first-order valence-corrected chi connectivity index (χ1v) is 40.5. The van der Waals surface area contributed by atoms with Gasteiger partial charge in [0.05, 0.1) is 40.1 Å². The summed E-state index contributed by atoms with van der Waals surface area (Å²) in [6, 6.07) is 39.5. The van der Waals surface area contributed by atoms with Gasteiger partial charge in [-0.05, 0) is 180 Å². The van der Waals surface area contributed by atoms with Crippen LogP contribution in [0.4, 0.5) is 20.2 Å². The second kappa shape index (κ2) is 39.8. The number of rotatable bonds is 26. The molecule has 0 atom stereocenters. The first-order chi connectivity index (χ1) is 55.7. The van der Waals surface area contributed by atoms with Crippen molar-refractivity contribution in [1.82, 2.24) is 69.1 Å². The summed E-state index contributed by atoms with van der Waals surface area (Å²) >= 11 is 0. The molecule has 115 heavy (non-hydrogen) atoms. The first kappa shape index (κ1) is 84.0. The van der Waals surface area contributed by atoms with Gasteiger partial charge in [0.15, 0.2) is 11.3 Å². The van der Waals surface area contributed by atoms with Gasteiger partial charge in [-0.3, -0.25) is 24.2 Å². The highest BCUT2D eigenvalue weighted by molar-refractivity contribution is 6.00. The van der Waals surface area contributed by atoms with Crippen molar-refractivity contribution in [3.8, 4) is 22.3 Å². The highest BCUT2D eigenvalue weighted by atomic mass is 19.1. The van der Waals surface area contributed by atoms with Crippen molar-refractivity contribution in [3.63, 3.8) is 0 Å². The molecule has 0 radical (unpaired) electrons. The molecule has 14 rings (SSSR count). The minimum atomic E-state index is -1.08. The standard InChI is InChI=1S/C45H55FN8O3.C28H30FN3O3.C17H27N5O/c1-6-41-39(42(48-36-16-22-57-23-17-36)38-27-47-54(7-2)43(38)49-41)30-52(5)45(56)35-13-9-12-34(26-35)44(55)51(4)28-32-14-15-40(46)37(25-32)33-11-8-10-31(24-33)29-53-20-18-50(3)19-21-53;1-30-11-13-32(14-12-30)19-20-5-3-6-22(15-20)25-16-21(9-10-26(25)29)18-31(2)27(33)23-7-4-8-24(17-23)28(34)35;1-4-15-13(10-18-3)16(20-12-6-8-23-9-7-12)14-11-19-22(5-2)17(14)21-15/h8-15,24-27,36H,6-7,16-23,28-30H2,1-5H3,(H,48,49);3-10,15-17H,11-14,18-19H2,1-2H3,(H,34,35);11-12,18H,4-10H2,1-3H3,(H,20,21). The summed E-state index contributed by atoms with van der Waals surface area (Å²) in [6.07, 6.45) is 9.31. The number of aromatic carboxylic acids is 1. The molecule has 4 aliphatic rings. The van der Waals surface area contributed by atoms with Gasteiger partial charge in [0.2, 0.25) is 0 Å². The van der Waals surface area contributed by atoms with Gasteiger partial charge in [-0.1, -0.05) is 74.5 Å². The molecule has 4 fully saturated rings. The number of amides is 3. The number of aromatic nitrogens is 6. The number of benzene rings is 6. The summed E-state index contributed by atoms with van der Waals surface area (Å²) in [7, 11) is 11.4. The third kappa shape index (κ3) is 21.2. The molecule has 10 aromatic rings. The largest absolute Gasteiger partial charge is 0.478 e. The number of hydrogen-bond acceptors (Lipinski definition) is 17. The van der Waals surface area contributed by atoms with E-state index >= 15 is 4.39 Å². The number of ether oxygens (including phenoxy) is 2. The van der Waals surface area contributed by atoms with Crippen LogP contribution in [-0.2, 0) is 74.7 Å². The third-order valence-electron chi connectivity index (χ3n) is 22.2. The summed E-state index contributed by atoms with van der Waals surface area (Å²) < 4.78 is 45.1. The Balaban J connectivity index is 0.000000178. The summed E-state index contributed by atoms with van der Waals surface area (Å²) in [6.45, 7) is 24.6. The molecule has 4 saturated heterocycles. The SMILES string of the molecule is CCc1nc2c(cnn2CC)c(NC2CCOCC2)c1CN(C)C(=O)c1cccc(C(=O)N(C)Cc2ccc(F)c(-c3cccc(CN4CCN(C)CC4)c3)c2)c1.CCc1nc2c(cnn2CC)c(NC2CCOCC2)c1CNC.CN1CCN(Cc2cccc(-c3cc(CN(C)C(=O)c4cccc(C(=O)O)c4)ccc3F)c2)CC1. The molecule has 608 valence electrons. The van der Waals surface area contributed by atoms with Crippen LogP contribution in [0.2, 0.25) is 0 Å². The zero-order valence-corrected chi connectivity index (χ0v) is 68.4. The van der Waals surface area contributed by atoms with Crippen molar-refractivity contribution in [2.45, 2.75) is 131 Å². The van der Waals surface area contributed by atoms with E-state index in [9.17, 15) is 28.7 Å². The molecule has 25 heteroatoms. The zero-order chi connectivity index (χ0) is 81.2. The Morgan fingerprint density at radius 1 is 0.487 bits per heavy atom. The molecule has 0 aliphatic carbocycles. The van der Waals surface area contributed by atoms with Crippen molar-refractivity contribution in [2.24, 2.45) is 0 Å². The van der Waals surface area contributed by atoms with Crippen LogP contribution in [0.1, 0.15) is 140 Å². The van der Waals surface area contributed by atoms with Gasteiger partial charge in [-0.25, -0.2) is 32.9 Å². The summed E-state index contributed by atoms with van der Waals surface area (Å²) in [5.41, 5.74) is 16.0. The van der Waals surface area contributed by atoms with Crippen molar-refractivity contribution in [3.05, 3.63) is 225 Å². The Morgan fingerprint density at radius 3 is 1.29 bits per heavy atom. The Hall–Kier alpha value is -10.4. The van der Waals surface area contributed by atoms with Crippen molar-refractivity contribution in [1.29, 1.82) is 0 Å². The molecular formula is C90H112F2N16O7. The van der Waals surface area contributed by atoms with Gasteiger partial charge in [0.25, 0.3) is 17.7 Å². The van der Waals surface area contributed by atoms with E-state index in [2.05, 4.69) is 106 Å². The number of halogens is 2. The topological polar surface area (TPSA) is 227 Å². The van der Waals surface area contributed by atoms with Gasteiger partial charge >= 0.3 is 5.97 Å².